The Morgan fingerprint density at radius 2 is 1.84 bits per heavy atom. The second-order valence-electron chi connectivity index (χ2n) is 5.89. The van der Waals surface area contributed by atoms with Gasteiger partial charge in [-0.25, -0.2) is 0 Å². The summed E-state index contributed by atoms with van der Waals surface area (Å²) in [5, 5.41) is 3.38. The van der Waals surface area contributed by atoms with Crippen LogP contribution in [0.15, 0.2) is 18.2 Å². The van der Waals surface area contributed by atoms with Gasteiger partial charge in [0.2, 0.25) is 0 Å². The highest BCUT2D eigenvalue weighted by molar-refractivity contribution is 5.38. The fraction of sp³-hybridized carbons (Fsp3) is 0.647. The van der Waals surface area contributed by atoms with Gasteiger partial charge in [0, 0.05) is 6.54 Å². The fourth-order valence-electron chi connectivity index (χ4n) is 1.97. The first-order valence-electron chi connectivity index (χ1n) is 7.43. The number of rotatable bonds is 7. The second kappa shape index (κ2) is 7.54. The number of hydrogen-bond acceptors (Lipinski definition) is 2. The van der Waals surface area contributed by atoms with Crippen LogP contribution in [0.5, 0.6) is 5.75 Å². The van der Waals surface area contributed by atoms with Gasteiger partial charge in [-0.2, -0.15) is 0 Å². The summed E-state index contributed by atoms with van der Waals surface area (Å²) in [6, 6.07) is 6.55. The van der Waals surface area contributed by atoms with Gasteiger partial charge in [-0.05, 0) is 42.5 Å². The second-order valence-corrected chi connectivity index (χ2v) is 5.89. The molecule has 1 atom stereocenters. The minimum absolute atomic E-state index is 0.223. The van der Waals surface area contributed by atoms with Gasteiger partial charge >= 0.3 is 0 Å². The molecule has 0 amide bonds. The Kier molecular flexibility index (Phi) is 6.36. The fourth-order valence-corrected chi connectivity index (χ4v) is 1.97. The van der Waals surface area contributed by atoms with Crippen molar-refractivity contribution in [2.24, 2.45) is 5.92 Å². The van der Waals surface area contributed by atoms with E-state index in [1.807, 2.05) is 0 Å². The van der Waals surface area contributed by atoms with Gasteiger partial charge in [-0.3, -0.25) is 0 Å². The smallest absolute Gasteiger partial charge is 0.122 e. The van der Waals surface area contributed by atoms with Crippen LogP contribution < -0.4 is 10.1 Å². The van der Waals surface area contributed by atoms with Crippen LogP contribution in [-0.4, -0.2) is 19.2 Å². The van der Waals surface area contributed by atoms with Gasteiger partial charge in [-0.15, -0.1) is 0 Å². The Labute approximate surface area is 118 Å². The number of ether oxygens (including phenoxy) is 1. The van der Waals surface area contributed by atoms with Crippen LogP contribution in [0.25, 0.3) is 0 Å². The minimum Gasteiger partial charge on any atom is -0.489 e. The van der Waals surface area contributed by atoms with Gasteiger partial charge < -0.3 is 10.1 Å². The van der Waals surface area contributed by atoms with E-state index in [1.54, 1.807) is 0 Å². The van der Waals surface area contributed by atoms with Crippen molar-refractivity contribution in [3.8, 4) is 5.75 Å². The molecular weight excluding hydrogens is 234 g/mol. The third kappa shape index (κ3) is 4.87. The lowest BCUT2D eigenvalue weighted by atomic mass is 10.0. The van der Waals surface area contributed by atoms with E-state index in [0.717, 1.165) is 18.8 Å². The number of benzene rings is 1. The van der Waals surface area contributed by atoms with Crippen molar-refractivity contribution in [2.45, 2.75) is 53.6 Å². The average Bonchev–Trinajstić information content (AvgIpc) is 2.35. The number of nitrogens with one attached hydrogen (secondary N) is 1. The summed E-state index contributed by atoms with van der Waals surface area (Å²) in [5.74, 6) is 2.07. The summed E-state index contributed by atoms with van der Waals surface area (Å²) < 4.78 is 6.24. The Hall–Kier alpha value is -1.02. The van der Waals surface area contributed by atoms with E-state index >= 15 is 0 Å². The van der Waals surface area contributed by atoms with E-state index in [1.165, 1.54) is 11.1 Å². The van der Waals surface area contributed by atoms with Crippen LogP contribution in [0, 0.1) is 12.8 Å². The molecule has 0 saturated carbocycles. The standard InChI is InChI=1S/C17H29NO/c1-7-18-11-17(13(4)5)19-16-10-15(12(2)3)9-8-14(16)6/h8-10,12-13,17-18H,7,11H2,1-6H3. The molecule has 1 N–H and O–H groups in total. The molecule has 0 spiro atoms. The molecule has 2 heteroatoms. The number of aryl methyl sites for hydroxylation is 1. The summed E-state index contributed by atoms with van der Waals surface area (Å²) in [4.78, 5) is 0. The highest BCUT2D eigenvalue weighted by Gasteiger charge is 2.16. The molecule has 19 heavy (non-hydrogen) atoms. The normalized spacial score (nSPS) is 13.1. The van der Waals surface area contributed by atoms with Crippen LogP contribution in [0.2, 0.25) is 0 Å². The van der Waals surface area contributed by atoms with Crippen molar-refractivity contribution in [2.75, 3.05) is 13.1 Å². The van der Waals surface area contributed by atoms with E-state index in [2.05, 4.69) is 65.1 Å². The molecule has 0 aromatic heterocycles. The third-order valence-electron chi connectivity index (χ3n) is 3.50. The van der Waals surface area contributed by atoms with Crippen molar-refractivity contribution in [1.29, 1.82) is 0 Å². The van der Waals surface area contributed by atoms with E-state index in [-0.39, 0.29) is 6.10 Å². The Bertz CT molecular complexity index is 385. The first kappa shape index (κ1) is 16.0. The van der Waals surface area contributed by atoms with Gasteiger partial charge in [0.25, 0.3) is 0 Å². The van der Waals surface area contributed by atoms with E-state index in [4.69, 9.17) is 4.74 Å². The molecule has 108 valence electrons. The molecule has 1 unspecified atom stereocenters. The van der Waals surface area contributed by atoms with E-state index in [0.29, 0.717) is 11.8 Å². The summed E-state index contributed by atoms with van der Waals surface area (Å²) in [6.07, 6.45) is 0.223. The first-order chi connectivity index (χ1) is 8.95. The SMILES string of the molecule is CCNCC(Oc1cc(C(C)C)ccc1C)C(C)C. The molecule has 0 bridgehead atoms. The highest BCUT2D eigenvalue weighted by Crippen LogP contribution is 2.26. The molecule has 0 fully saturated rings. The van der Waals surface area contributed by atoms with E-state index in [9.17, 15) is 0 Å². The monoisotopic (exact) mass is 263 g/mol. The third-order valence-corrected chi connectivity index (χ3v) is 3.50. The predicted octanol–water partition coefficient (Wildman–Crippen LogP) is 4.13. The molecule has 0 heterocycles. The molecular formula is C17H29NO. The van der Waals surface area contributed by atoms with Crippen LogP contribution >= 0.6 is 0 Å². The molecule has 0 radical (unpaired) electrons. The van der Waals surface area contributed by atoms with Gasteiger partial charge in [0.05, 0.1) is 0 Å². The maximum atomic E-state index is 6.24. The van der Waals surface area contributed by atoms with Crippen LogP contribution in [0.1, 0.15) is 51.7 Å². The van der Waals surface area contributed by atoms with Crippen molar-refractivity contribution in [3.05, 3.63) is 29.3 Å². The zero-order valence-electron chi connectivity index (χ0n) is 13.3. The lowest BCUT2D eigenvalue weighted by molar-refractivity contribution is 0.148. The number of likely N-dealkylation sites (N-methyl/N-ethyl adjacent to an activating group) is 1. The summed E-state index contributed by atoms with van der Waals surface area (Å²) in [6.45, 7) is 15.0. The Balaban J connectivity index is 2.85. The summed E-state index contributed by atoms with van der Waals surface area (Å²) in [7, 11) is 0. The van der Waals surface area contributed by atoms with Gasteiger partial charge in [-0.1, -0.05) is 46.8 Å². The maximum Gasteiger partial charge on any atom is 0.122 e. The molecule has 0 aliphatic carbocycles. The van der Waals surface area contributed by atoms with Crippen LogP contribution in [-0.2, 0) is 0 Å². The lowest BCUT2D eigenvalue weighted by Gasteiger charge is -2.24. The largest absolute Gasteiger partial charge is 0.489 e. The Morgan fingerprint density at radius 3 is 2.37 bits per heavy atom. The predicted molar refractivity (Wildman–Crippen MR) is 83.1 cm³/mol. The van der Waals surface area contributed by atoms with Crippen LogP contribution in [0.3, 0.4) is 0 Å². The van der Waals surface area contributed by atoms with Crippen molar-refractivity contribution in [1.82, 2.24) is 5.32 Å². The molecule has 1 rings (SSSR count). The maximum absolute atomic E-state index is 6.24. The van der Waals surface area contributed by atoms with Crippen molar-refractivity contribution >= 4 is 0 Å². The average molecular weight is 263 g/mol. The topological polar surface area (TPSA) is 21.3 Å². The number of hydrogen-bond donors (Lipinski definition) is 1. The molecule has 1 aromatic carbocycles. The highest BCUT2D eigenvalue weighted by atomic mass is 16.5. The van der Waals surface area contributed by atoms with Crippen molar-refractivity contribution in [3.63, 3.8) is 0 Å². The zero-order chi connectivity index (χ0) is 14.4. The summed E-state index contributed by atoms with van der Waals surface area (Å²) >= 11 is 0. The molecule has 0 aliphatic rings. The van der Waals surface area contributed by atoms with Gasteiger partial charge in [0.1, 0.15) is 11.9 Å². The Morgan fingerprint density at radius 1 is 1.16 bits per heavy atom. The van der Waals surface area contributed by atoms with Gasteiger partial charge in [0.15, 0.2) is 0 Å². The van der Waals surface area contributed by atoms with E-state index < -0.39 is 0 Å². The van der Waals surface area contributed by atoms with Crippen LogP contribution in [0.4, 0.5) is 0 Å². The molecule has 0 aliphatic heterocycles. The molecule has 1 aromatic rings. The minimum atomic E-state index is 0.223. The first-order valence-corrected chi connectivity index (χ1v) is 7.43. The molecule has 2 nitrogen and oxygen atoms in total. The summed E-state index contributed by atoms with van der Waals surface area (Å²) in [5.41, 5.74) is 2.55. The van der Waals surface area contributed by atoms with Crippen molar-refractivity contribution < 1.29 is 4.74 Å². The zero-order valence-corrected chi connectivity index (χ0v) is 13.3. The molecule has 0 saturated heterocycles. The quantitative estimate of drug-likeness (QED) is 0.798. The lowest BCUT2D eigenvalue weighted by Crippen LogP contribution is -2.35.